The van der Waals surface area contributed by atoms with E-state index in [1.807, 2.05) is 12.1 Å². The predicted molar refractivity (Wildman–Crippen MR) is 86.4 cm³/mol. The molecule has 2 unspecified atom stereocenters. The second-order valence-electron chi connectivity index (χ2n) is 6.26. The molecule has 2 nitrogen and oxygen atoms in total. The average molecular weight is 336 g/mol. The Morgan fingerprint density at radius 2 is 1.95 bits per heavy atom. The first-order valence-corrected chi connectivity index (χ1v) is 8.50. The number of Topliss-reactive ketones (excluding diaryl/α,β-unsaturated/α-hetero) is 1. The molecule has 2 fully saturated rings. The first-order chi connectivity index (χ1) is 9.65. The van der Waals surface area contributed by atoms with Crippen molar-refractivity contribution in [3.63, 3.8) is 0 Å². The van der Waals surface area contributed by atoms with E-state index in [0.717, 1.165) is 40.6 Å². The van der Waals surface area contributed by atoms with Crippen molar-refractivity contribution in [3.05, 3.63) is 28.2 Å². The lowest BCUT2D eigenvalue weighted by Crippen LogP contribution is -2.42. The van der Waals surface area contributed by atoms with Gasteiger partial charge in [-0.2, -0.15) is 0 Å². The zero-order valence-corrected chi connectivity index (χ0v) is 13.7. The van der Waals surface area contributed by atoms with Crippen molar-refractivity contribution < 1.29 is 4.79 Å². The number of benzene rings is 1. The molecule has 1 aromatic carbocycles. The minimum Gasteiger partial charge on any atom is -0.371 e. The molecule has 1 aliphatic carbocycles. The SMILES string of the molecule is CC(=O)c1ccc(Br)cc1N1CCC2CCCCC2C1. The topological polar surface area (TPSA) is 20.3 Å². The summed E-state index contributed by atoms with van der Waals surface area (Å²) in [6.45, 7) is 3.89. The van der Waals surface area contributed by atoms with E-state index in [4.69, 9.17) is 0 Å². The van der Waals surface area contributed by atoms with Crippen molar-refractivity contribution in [2.45, 2.75) is 39.0 Å². The Balaban J connectivity index is 1.85. The molecule has 2 aliphatic rings. The number of anilines is 1. The quantitative estimate of drug-likeness (QED) is 0.732. The van der Waals surface area contributed by atoms with Gasteiger partial charge in [0.25, 0.3) is 0 Å². The molecular formula is C17H22BrNO. The highest BCUT2D eigenvalue weighted by Gasteiger charge is 2.32. The van der Waals surface area contributed by atoms with Crippen LogP contribution in [0.1, 0.15) is 49.4 Å². The van der Waals surface area contributed by atoms with Crippen LogP contribution in [0, 0.1) is 11.8 Å². The molecule has 20 heavy (non-hydrogen) atoms. The van der Waals surface area contributed by atoms with Crippen LogP contribution >= 0.6 is 15.9 Å². The number of hydrogen-bond acceptors (Lipinski definition) is 2. The van der Waals surface area contributed by atoms with E-state index in [-0.39, 0.29) is 5.78 Å². The Labute approximate surface area is 129 Å². The first kappa shape index (κ1) is 14.1. The third-order valence-corrected chi connectivity index (χ3v) is 5.46. The minimum atomic E-state index is 0.165. The maximum absolute atomic E-state index is 11.9. The van der Waals surface area contributed by atoms with Gasteiger partial charge in [-0.25, -0.2) is 0 Å². The van der Waals surface area contributed by atoms with Crippen molar-refractivity contribution in [2.75, 3.05) is 18.0 Å². The lowest BCUT2D eigenvalue weighted by molar-refractivity contribution is 0.101. The number of ketones is 1. The van der Waals surface area contributed by atoms with Crippen LogP contribution in [0.2, 0.25) is 0 Å². The summed E-state index contributed by atoms with van der Waals surface area (Å²) in [4.78, 5) is 14.3. The van der Waals surface area contributed by atoms with Gasteiger partial charge in [-0.1, -0.05) is 35.2 Å². The van der Waals surface area contributed by atoms with Crippen molar-refractivity contribution in [3.8, 4) is 0 Å². The monoisotopic (exact) mass is 335 g/mol. The zero-order chi connectivity index (χ0) is 14.1. The van der Waals surface area contributed by atoms with Gasteiger partial charge in [-0.15, -0.1) is 0 Å². The highest BCUT2D eigenvalue weighted by atomic mass is 79.9. The smallest absolute Gasteiger partial charge is 0.161 e. The average Bonchev–Trinajstić information content (AvgIpc) is 2.46. The molecule has 2 atom stereocenters. The van der Waals surface area contributed by atoms with Crippen molar-refractivity contribution in [2.24, 2.45) is 11.8 Å². The van der Waals surface area contributed by atoms with Crippen LogP contribution in [0.3, 0.4) is 0 Å². The van der Waals surface area contributed by atoms with E-state index in [0.29, 0.717) is 0 Å². The van der Waals surface area contributed by atoms with E-state index in [1.54, 1.807) is 6.92 Å². The molecule has 0 radical (unpaired) electrons. The maximum atomic E-state index is 11.9. The molecule has 0 bridgehead atoms. The van der Waals surface area contributed by atoms with Crippen LogP contribution in [-0.4, -0.2) is 18.9 Å². The summed E-state index contributed by atoms with van der Waals surface area (Å²) in [5.41, 5.74) is 1.98. The predicted octanol–water partition coefficient (Wildman–Crippen LogP) is 4.67. The number of carbonyl (C=O) groups is 1. The van der Waals surface area contributed by atoms with Crippen LogP contribution in [-0.2, 0) is 0 Å². The van der Waals surface area contributed by atoms with Crippen LogP contribution in [0.15, 0.2) is 22.7 Å². The van der Waals surface area contributed by atoms with E-state index in [1.165, 1.54) is 32.1 Å². The van der Waals surface area contributed by atoms with Gasteiger partial charge in [0, 0.05) is 28.8 Å². The second-order valence-corrected chi connectivity index (χ2v) is 7.17. The third kappa shape index (κ3) is 2.78. The van der Waals surface area contributed by atoms with E-state index in [9.17, 15) is 4.79 Å². The van der Waals surface area contributed by atoms with Crippen LogP contribution in [0.4, 0.5) is 5.69 Å². The molecule has 3 rings (SSSR count). The molecule has 3 heteroatoms. The van der Waals surface area contributed by atoms with Gasteiger partial charge < -0.3 is 4.90 Å². The Morgan fingerprint density at radius 3 is 2.70 bits per heavy atom. The molecule has 1 saturated carbocycles. The van der Waals surface area contributed by atoms with Crippen LogP contribution in [0.5, 0.6) is 0 Å². The van der Waals surface area contributed by atoms with Crippen LogP contribution in [0.25, 0.3) is 0 Å². The highest BCUT2D eigenvalue weighted by Crippen LogP contribution is 2.38. The van der Waals surface area contributed by atoms with Crippen LogP contribution < -0.4 is 4.90 Å². The number of nitrogens with zero attached hydrogens (tertiary/aromatic N) is 1. The maximum Gasteiger partial charge on any atom is 0.161 e. The molecule has 1 aliphatic heterocycles. The number of fused-ring (bicyclic) bond motifs is 1. The van der Waals surface area contributed by atoms with Crippen molar-refractivity contribution in [1.29, 1.82) is 0 Å². The highest BCUT2D eigenvalue weighted by molar-refractivity contribution is 9.10. The number of piperidine rings is 1. The lowest BCUT2D eigenvalue weighted by atomic mass is 9.75. The van der Waals surface area contributed by atoms with Gasteiger partial charge in [-0.3, -0.25) is 4.79 Å². The second kappa shape index (κ2) is 5.88. The molecule has 1 aromatic rings. The lowest BCUT2D eigenvalue weighted by Gasteiger charge is -2.42. The van der Waals surface area contributed by atoms with Crippen molar-refractivity contribution >= 4 is 27.4 Å². The summed E-state index contributed by atoms with van der Waals surface area (Å²) in [6.07, 6.45) is 6.86. The van der Waals surface area contributed by atoms with E-state index >= 15 is 0 Å². The Bertz CT molecular complexity index is 514. The Morgan fingerprint density at radius 1 is 1.20 bits per heavy atom. The van der Waals surface area contributed by atoms with Gasteiger partial charge in [0.2, 0.25) is 0 Å². The fraction of sp³-hybridized carbons (Fsp3) is 0.588. The minimum absolute atomic E-state index is 0.165. The Kier molecular flexibility index (Phi) is 4.16. The summed E-state index contributed by atoms with van der Waals surface area (Å²) in [7, 11) is 0. The number of rotatable bonds is 2. The summed E-state index contributed by atoms with van der Waals surface area (Å²) in [5, 5.41) is 0. The largest absolute Gasteiger partial charge is 0.371 e. The summed E-state index contributed by atoms with van der Waals surface area (Å²) >= 11 is 3.54. The third-order valence-electron chi connectivity index (χ3n) is 4.97. The summed E-state index contributed by atoms with van der Waals surface area (Å²) < 4.78 is 1.06. The van der Waals surface area contributed by atoms with E-state index in [2.05, 4.69) is 26.9 Å². The fourth-order valence-corrected chi connectivity index (χ4v) is 4.23. The molecule has 1 heterocycles. The molecule has 108 valence electrons. The number of halogens is 1. The first-order valence-electron chi connectivity index (χ1n) is 7.70. The van der Waals surface area contributed by atoms with Gasteiger partial charge in [0.05, 0.1) is 0 Å². The molecule has 1 saturated heterocycles. The fourth-order valence-electron chi connectivity index (χ4n) is 3.88. The molecule has 0 aromatic heterocycles. The van der Waals surface area contributed by atoms with Gasteiger partial charge >= 0.3 is 0 Å². The molecule has 0 spiro atoms. The van der Waals surface area contributed by atoms with Crippen molar-refractivity contribution in [1.82, 2.24) is 0 Å². The molecular weight excluding hydrogens is 314 g/mol. The van der Waals surface area contributed by atoms with E-state index < -0.39 is 0 Å². The van der Waals surface area contributed by atoms with Gasteiger partial charge in [0.15, 0.2) is 5.78 Å². The summed E-state index contributed by atoms with van der Waals surface area (Å²) in [6, 6.07) is 6.03. The number of carbonyl (C=O) groups excluding carboxylic acids is 1. The molecule has 0 N–H and O–H groups in total. The molecule has 0 amide bonds. The number of hydrogen-bond donors (Lipinski definition) is 0. The Hall–Kier alpha value is -0.830. The van der Waals surface area contributed by atoms with Gasteiger partial charge in [0.1, 0.15) is 0 Å². The normalized spacial score (nSPS) is 26.2. The van der Waals surface area contributed by atoms with Gasteiger partial charge in [-0.05, 0) is 49.8 Å². The summed E-state index contributed by atoms with van der Waals surface area (Å²) in [5.74, 6) is 1.92. The zero-order valence-electron chi connectivity index (χ0n) is 12.1. The standard InChI is InChI=1S/C17H22BrNO/c1-12(20)16-7-6-15(18)10-17(16)19-9-8-13-4-2-3-5-14(13)11-19/h6-7,10,13-14H,2-5,8-9,11H2,1H3.